The molecule has 0 saturated carbocycles. The van der Waals surface area contributed by atoms with Gasteiger partial charge in [-0.15, -0.1) is 0 Å². The molecular formula is C17H26N2O2. The molecule has 0 aromatic heterocycles. The summed E-state index contributed by atoms with van der Waals surface area (Å²) in [6, 6.07) is 10.7. The Morgan fingerprint density at radius 2 is 1.90 bits per heavy atom. The van der Waals surface area contributed by atoms with Gasteiger partial charge < -0.3 is 15.0 Å². The average Bonchev–Trinajstić information content (AvgIpc) is 2.54. The first-order valence-electron chi connectivity index (χ1n) is 7.83. The summed E-state index contributed by atoms with van der Waals surface area (Å²) in [6.45, 7) is 6.83. The molecule has 116 valence electrons. The number of nitrogens with zero attached hydrogens (tertiary/aromatic N) is 1. The van der Waals surface area contributed by atoms with Crippen LogP contribution in [-0.4, -0.2) is 49.2 Å². The number of amides is 1. The Hall–Kier alpha value is -1.39. The highest BCUT2D eigenvalue weighted by molar-refractivity contribution is 5.81. The number of hydrogen-bond acceptors (Lipinski definition) is 3. The van der Waals surface area contributed by atoms with Gasteiger partial charge in [0.25, 0.3) is 0 Å². The second-order valence-corrected chi connectivity index (χ2v) is 5.75. The highest BCUT2D eigenvalue weighted by atomic mass is 16.5. The van der Waals surface area contributed by atoms with E-state index in [4.69, 9.17) is 4.74 Å². The normalized spacial score (nSPS) is 18.3. The summed E-state index contributed by atoms with van der Waals surface area (Å²) in [5.41, 5.74) is 1.35. The third-order valence-corrected chi connectivity index (χ3v) is 3.94. The van der Waals surface area contributed by atoms with Crippen molar-refractivity contribution in [1.82, 2.24) is 10.2 Å². The van der Waals surface area contributed by atoms with Gasteiger partial charge in [-0.2, -0.15) is 0 Å². The number of carbonyl (C=O) groups is 1. The molecular weight excluding hydrogens is 264 g/mol. The van der Waals surface area contributed by atoms with Gasteiger partial charge >= 0.3 is 0 Å². The van der Waals surface area contributed by atoms with E-state index in [2.05, 4.69) is 36.5 Å². The summed E-state index contributed by atoms with van der Waals surface area (Å²) in [4.78, 5) is 14.2. The number of carbonyl (C=O) groups excluding carboxylic acids is 1. The average molecular weight is 290 g/mol. The Morgan fingerprint density at radius 1 is 1.24 bits per heavy atom. The maximum atomic E-state index is 12.3. The third-order valence-electron chi connectivity index (χ3n) is 3.94. The van der Waals surface area contributed by atoms with Gasteiger partial charge in [0, 0.05) is 19.1 Å². The van der Waals surface area contributed by atoms with E-state index < -0.39 is 0 Å². The van der Waals surface area contributed by atoms with E-state index in [1.54, 1.807) is 0 Å². The van der Waals surface area contributed by atoms with E-state index in [9.17, 15) is 4.79 Å². The summed E-state index contributed by atoms with van der Waals surface area (Å²) in [6.07, 6.45) is 2.07. The van der Waals surface area contributed by atoms with E-state index in [-0.39, 0.29) is 11.9 Å². The Balaban J connectivity index is 1.73. The SMILES string of the molecule is CC(CCc1ccccc1)NC(C)C(=O)N1CCOCC1. The van der Waals surface area contributed by atoms with Crippen molar-refractivity contribution in [2.24, 2.45) is 0 Å². The van der Waals surface area contributed by atoms with Gasteiger partial charge in [-0.05, 0) is 32.3 Å². The minimum Gasteiger partial charge on any atom is -0.378 e. The largest absolute Gasteiger partial charge is 0.378 e. The van der Waals surface area contributed by atoms with Crippen molar-refractivity contribution in [3.63, 3.8) is 0 Å². The molecule has 0 radical (unpaired) electrons. The minimum absolute atomic E-state index is 0.131. The van der Waals surface area contributed by atoms with E-state index in [0.29, 0.717) is 32.3 Å². The first-order chi connectivity index (χ1) is 10.2. The smallest absolute Gasteiger partial charge is 0.239 e. The van der Waals surface area contributed by atoms with Crippen LogP contribution in [0.4, 0.5) is 0 Å². The van der Waals surface area contributed by atoms with Crippen molar-refractivity contribution in [1.29, 1.82) is 0 Å². The molecule has 1 saturated heterocycles. The zero-order valence-corrected chi connectivity index (χ0v) is 13.0. The van der Waals surface area contributed by atoms with E-state index in [1.165, 1.54) is 5.56 Å². The summed E-state index contributed by atoms with van der Waals surface area (Å²) in [5.74, 6) is 0.185. The third kappa shape index (κ3) is 5.14. The predicted molar refractivity (Wildman–Crippen MR) is 84.2 cm³/mol. The van der Waals surface area contributed by atoms with Crippen LogP contribution in [0.15, 0.2) is 30.3 Å². The second-order valence-electron chi connectivity index (χ2n) is 5.75. The lowest BCUT2D eigenvalue weighted by atomic mass is 10.1. The lowest BCUT2D eigenvalue weighted by Gasteiger charge is -2.30. The molecule has 1 amide bonds. The van der Waals surface area contributed by atoms with Crippen molar-refractivity contribution in [2.45, 2.75) is 38.8 Å². The number of aryl methyl sites for hydroxylation is 1. The first-order valence-corrected chi connectivity index (χ1v) is 7.83. The van der Waals surface area contributed by atoms with Crippen LogP contribution in [0.5, 0.6) is 0 Å². The number of ether oxygens (including phenoxy) is 1. The monoisotopic (exact) mass is 290 g/mol. The summed E-state index contributed by atoms with van der Waals surface area (Å²) >= 11 is 0. The van der Waals surface area contributed by atoms with E-state index in [0.717, 1.165) is 12.8 Å². The van der Waals surface area contributed by atoms with E-state index >= 15 is 0 Å². The van der Waals surface area contributed by atoms with Crippen molar-refractivity contribution < 1.29 is 9.53 Å². The van der Waals surface area contributed by atoms with E-state index in [1.807, 2.05) is 17.9 Å². The molecule has 1 aromatic carbocycles. The summed E-state index contributed by atoms with van der Waals surface area (Å²) in [7, 11) is 0. The van der Waals surface area contributed by atoms with Crippen molar-refractivity contribution >= 4 is 5.91 Å². The van der Waals surface area contributed by atoms with Gasteiger partial charge in [-0.3, -0.25) is 4.79 Å². The molecule has 2 atom stereocenters. The van der Waals surface area contributed by atoms with Crippen LogP contribution in [0.1, 0.15) is 25.8 Å². The minimum atomic E-state index is -0.131. The van der Waals surface area contributed by atoms with Crippen molar-refractivity contribution in [3.05, 3.63) is 35.9 Å². The molecule has 1 aliphatic rings. The number of rotatable bonds is 6. The topological polar surface area (TPSA) is 41.6 Å². The molecule has 0 bridgehead atoms. The molecule has 1 N–H and O–H groups in total. The molecule has 1 fully saturated rings. The Labute approximate surface area is 127 Å². The van der Waals surface area contributed by atoms with Gasteiger partial charge in [0.05, 0.1) is 19.3 Å². The fraction of sp³-hybridized carbons (Fsp3) is 0.588. The number of hydrogen-bond donors (Lipinski definition) is 1. The van der Waals surface area contributed by atoms with Gasteiger partial charge in [0.1, 0.15) is 0 Å². The zero-order valence-electron chi connectivity index (χ0n) is 13.0. The molecule has 0 spiro atoms. The lowest BCUT2D eigenvalue weighted by molar-refractivity contribution is -0.137. The molecule has 2 rings (SSSR count). The standard InChI is InChI=1S/C17H26N2O2/c1-14(8-9-16-6-4-3-5-7-16)18-15(2)17(20)19-10-12-21-13-11-19/h3-7,14-15,18H,8-13H2,1-2H3. The molecule has 4 heteroatoms. The number of benzene rings is 1. The Bertz CT molecular complexity index is 430. The van der Waals surface area contributed by atoms with Crippen LogP contribution in [0.3, 0.4) is 0 Å². The van der Waals surface area contributed by atoms with Gasteiger partial charge in [0.15, 0.2) is 0 Å². The summed E-state index contributed by atoms with van der Waals surface area (Å²) < 4.78 is 5.28. The quantitative estimate of drug-likeness (QED) is 0.869. The molecule has 2 unspecified atom stereocenters. The van der Waals surface area contributed by atoms with Crippen LogP contribution >= 0.6 is 0 Å². The van der Waals surface area contributed by atoms with Gasteiger partial charge in [-0.1, -0.05) is 30.3 Å². The molecule has 1 aromatic rings. The maximum absolute atomic E-state index is 12.3. The Morgan fingerprint density at radius 3 is 2.57 bits per heavy atom. The summed E-state index contributed by atoms with van der Waals surface area (Å²) in [5, 5.41) is 3.42. The van der Waals surface area contributed by atoms with Crippen LogP contribution in [-0.2, 0) is 16.0 Å². The first kappa shape index (κ1) is 16.0. The van der Waals surface area contributed by atoms with Crippen LogP contribution in [0.25, 0.3) is 0 Å². The van der Waals surface area contributed by atoms with Crippen LogP contribution in [0.2, 0.25) is 0 Å². The number of nitrogens with one attached hydrogen (secondary N) is 1. The Kier molecular flexibility index (Phi) is 6.21. The highest BCUT2D eigenvalue weighted by Crippen LogP contribution is 2.06. The van der Waals surface area contributed by atoms with Crippen molar-refractivity contribution in [2.75, 3.05) is 26.3 Å². The van der Waals surface area contributed by atoms with Crippen molar-refractivity contribution in [3.8, 4) is 0 Å². The predicted octanol–water partition coefficient (Wildman–Crippen LogP) is 1.84. The lowest BCUT2D eigenvalue weighted by Crippen LogP contribution is -2.51. The second kappa shape index (κ2) is 8.15. The van der Waals surface area contributed by atoms with Crippen LogP contribution < -0.4 is 5.32 Å². The molecule has 21 heavy (non-hydrogen) atoms. The van der Waals surface area contributed by atoms with Gasteiger partial charge in [0.2, 0.25) is 5.91 Å². The fourth-order valence-corrected chi connectivity index (χ4v) is 2.67. The van der Waals surface area contributed by atoms with Gasteiger partial charge in [-0.25, -0.2) is 0 Å². The maximum Gasteiger partial charge on any atom is 0.239 e. The zero-order chi connectivity index (χ0) is 15.1. The molecule has 1 heterocycles. The molecule has 4 nitrogen and oxygen atoms in total. The number of morpholine rings is 1. The van der Waals surface area contributed by atoms with Crippen LogP contribution in [0, 0.1) is 0 Å². The molecule has 1 aliphatic heterocycles. The highest BCUT2D eigenvalue weighted by Gasteiger charge is 2.23. The molecule has 0 aliphatic carbocycles. The fourth-order valence-electron chi connectivity index (χ4n) is 2.67.